The van der Waals surface area contributed by atoms with Gasteiger partial charge in [0.15, 0.2) is 14.6 Å². The van der Waals surface area contributed by atoms with E-state index >= 15 is 0 Å². The number of hydrogen-bond donors (Lipinski definition) is 2. The van der Waals surface area contributed by atoms with Crippen molar-refractivity contribution in [3.05, 3.63) is 36.0 Å². The van der Waals surface area contributed by atoms with Crippen LogP contribution in [0.1, 0.15) is 115 Å². The van der Waals surface area contributed by atoms with E-state index in [2.05, 4.69) is 34.6 Å². The highest BCUT2D eigenvalue weighted by Crippen LogP contribution is 2.40. The molecule has 2 rings (SSSR count). The Labute approximate surface area is 309 Å². The Bertz CT molecular complexity index is 1170. The third-order valence-electron chi connectivity index (χ3n) is 10.8. The van der Waals surface area contributed by atoms with Gasteiger partial charge in [0, 0.05) is 37.9 Å². The predicted molar refractivity (Wildman–Crippen MR) is 202 cm³/mol. The van der Waals surface area contributed by atoms with E-state index in [0.717, 1.165) is 30.1 Å². The molecule has 2 N–H and O–H groups in total. The van der Waals surface area contributed by atoms with E-state index in [1.807, 2.05) is 39.8 Å². The van der Waals surface area contributed by atoms with Crippen LogP contribution >= 0.6 is 0 Å². The molecule has 2 heterocycles. The topological polar surface area (TPSA) is 133 Å². The molecule has 1 unspecified atom stereocenters. The van der Waals surface area contributed by atoms with Gasteiger partial charge in [0.05, 0.1) is 30.3 Å². The van der Waals surface area contributed by atoms with Gasteiger partial charge in [-0.15, -0.1) is 0 Å². The van der Waals surface area contributed by atoms with Crippen LogP contribution in [0.25, 0.3) is 0 Å². The van der Waals surface area contributed by atoms with Gasteiger partial charge in [-0.05, 0) is 83.7 Å². The number of esters is 2. The van der Waals surface area contributed by atoms with Gasteiger partial charge in [-0.2, -0.15) is 0 Å². The molecule has 0 bridgehead atoms. The van der Waals surface area contributed by atoms with Crippen molar-refractivity contribution in [1.82, 2.24) is 0 Å². The summed E-state index contributed by atoms with van der Waals surface area (Å²) < 4.78 is 36.5. The Balaban J connectivity index is 2.23. The second kappa shape index (κ2) is 20.6. The smallest absolute Gasteiger partial charge is 0.309 e. The van der Waals surface area contributed by atoms with E-state index in [1.165, 1.54) is 6.92 Å². The number of ether oxygens (including phenoxy) is 5. The average Bonchev–Trinajstić information content (AvgIpc) is 3.82. The summed E-state index contributed by atoms with van der Waals surface area (Å²) in [5, 5.41) is 22.1. The third kappa shape index (κ3) is 14.1. The summed E-state index contributed by atoms with van der Waals surface area (Å²) in [5.41, 5.74) is -1.40. The fourth-order valence-corrected chi connectivity index (χ4v) is 10.3. The molecule has 11 heteroatoms. The third-order valence-corrected chi connectivity index (χ3v) is 15.4. The Hall–Kier alpha value is -1.86. The van der Waals surface area contributed by atoms with E-state index in [-0.39, 0.29) is 43.0 Å². The molecule has 0 aromatic rings. The van der Waals surface area contributed by atoms with Gasteiger partial charge in [-0.25, -0.2) is 0 Å². The fraction of sp³-hybridized carbons (Fsp3) is 0.800. The number of hydrogen-bond acceptors (Lipinski definition) is 10. The van der Waals surface area contributed by atoms with E-state index in [1.54, 1.807) is 32.1 Å². The largest absolute Gasteiger partial charge is 0.457 e. The Morgan fingerprint density at radius 3 is 2.35 bits per heavy atom. The van der Waals surface area contributed by atoms with Crippen LogP contribution in [0.5, 0.6) is 0 Å². The van der Waals surface area contributed by atoms with Crippen molar-refractivity contribution in [2.24, 2.45) is 11.8 Å². The normalized spacial score (nSPS) is 31.8. The fourth-order valence-electron chi connectivity index (χ4n) is 7.25. The summed E-state index contributed by atoms with van der Waals surface area (Å²) in [6.07, 6.45) is 7.84. The molecule has 1 fully saturated rings. The molecule has 0 saturated carbocycles. The maximum Gasteiger partial charge on any atom is 0.309 e. The summed E-state index contributed by atoms with van der Waals surface area (Å²) in [6, 6.07) is 3.33. The molecule has 2 aliphatic rings. The number of epoxide rings is 1. The molecular formula is C40H70O10Si. The van der Waals surface area contributed by atoms with Crippen molar-refractivity contribution in [3.63, 3.8) is 0 Å². The Morgan fingerprint density at radius 1 is 1.14 bits per heavy atom. The van der Waals surface area contributed by atoms with Crippen LogP contribution in [0.2, 0.25) is 18.1 Å². The number of cyclic esters (lactones) is 1. The molecule has 51 heavy (non-hydrogen) atoms. The van der Waals surface area contributed by atoms with Crippen molar-refractivity contribution in [3.8, 4) is 0 Å². The zero-order valence-corrected chi connectivity index (χ0v) is 34.6. The summed E-state index contributed by atoms with van der Waals surface area (Å²) in [5.74, 6) is -1.08. The van der Waals surface area contributed by atoms with Crippen molar-refractivity contribution in [2.45, 2.75) is 187 Å². The van der Waals surface area contributed by atoms with Gasteiger partial charge in [-0.1, -0.05) is 65.8 Å². The van der Waals surface area contributed by atoms with Gasteiger partial charge < -0.3 is 38.3 Å². The number of aliphatic hydroxyl groups excluding tert-OH is 1. The van der Waals surface area contributed by atoms with Crippen LogP contribution in [-0.2, 0) is 37.7 Å². The first kappa shape index (κ1) is 45.3. The summed E-state index contributed by atoms with van der Waals surface area (Å²) in [7, 11) is -1.75. The maximum atomic E-state index is 13.0. The van der Waals surface area contributed by atoms with Crippen LogP contribution in [0.15, 0.2) is 36.0 Å². The number of carbonyl (C=O) groups is 2. The summed E-state index contributed by atoms with van der Waals surface area (Å²) >= 11 is 0. The molecule has 0 aliphatic carbocycles. The van der Waals surface area contributed by atoms with Crippen molar-refractivity contribution < 1.29 is 47.9 Å². The molecule has 2 aliphatic heterocycles. The highest BCUT2D eigenvalue weighted by molar-refractivity contribution is 6.73. The minimum Gasteiger partial charge on any atom is -0.457 e. The van der Waals surface area contributed by atoms with Gasteiger partial charge in [0.25, 0.3) is 0 Å². The number of aliphatic hydroxyl groups is 2. The molecule has 0 aromatic heterocycles. The Kier molecular flexibility index (Phi) is 18.3. The van der Waals surface area contributed by atoms with Crippen molar-refractivity contribution >= 4 is 20.3 Å². The van der Waals surface area contributed by atoms with Crippen molar-refractivity contribution in [2.75, 3.05) is 6.61 Å². The van der Waals surface area contributed by atoms with Crippen LogP contribution in [0.3, 0.4) is 0 Å². The standard InChI is InChI=1S/C40H70O10Si/c1-13-33(50-51(15-3,16-4)17-5)29(8)38-34(47-38)26-39(11,44)23-18-19-27(6)37-28(7)20-21-35(46-30(9)41)40(12,49-31(10)45-14-2)24-22-32(42)25-36(43)48-37/h18-21,23,28-29,31-35,37-38,42,44H,13-17,22,24-26H2,1-12H3/b21-20+,23-18+,27-19+/t28-,29+,31?,32+,33-,34+,35-,37+,38+,39-,40+/m0/s1. The lowest BCUT2D eigenvalue weighted by molar-refractivity contribution is -0.227. The van der Waals surface area contributed by atoms with Crippen LogP contribution in [0, 0.1) is 11.8 Å². The zero-order valence-electron chi connectivity index (χ0n) is 33.6. The predicted octanol–water partition coefficient (Wildman–Crippen LogP) is 7.57. The number of carbonyl (C=O) groups excluding carboxylic acids is 2. The van der Waals surface area contributed by atoms with Gasteiger partial charge in [-0.3, -0.25) is 9.59 Å². The summed E-state index contributed by atoms with van der Waals surface area (Å²) in [4.78, 5) is 25.2. The lowest BCUT2D eigenvalue weighted by Crippen LogP contribution is -2.47. The molecule has 0 aromatic carbocycles. The second-order valence-corrected chi connectivity index (χ2v) is 19.9. The highest BCUT2D eigenvalue weighted by atomic mass is 28.4. The Morgan fingerprint density at radius 2 is 1.78 bits per heavy atom. The molecule has 294 valence electrons. The molecular weight excluding hydrogens is 669 g/mol. The summed E-state index contributed by atoms with van der Waals surface area (Å²) in [6.45, 7) is 23.9. The van der Waals surface area contributed by atoms with Crippen LogP contribution in [0.4, 0.5) is 0 Å². The molecule has 0 radical (unpaired) electrons. The molecule has 0 spiro atoms. The minimum absolute atomic E-state index is 0.0495. The molecule has 11 atom stereocenters. The lowest BCUT2D eigenvalue weighted by atomic mass is 9.88. The first-order valence-corrected chi connectivity index (χ1v) is 21.9. The first-order valence-electron chi connectivity index (χ1n) is 19.3. The SMILES string of the molecule is CCOC(C)O[C@]1(C)CC[C@@H](O)CC(=O)O[C@H](/C(C)=C/C=C/[C@](C)(O)C[C@H]2O[C@@H]2[C@H](C)[C@H](CC)O[Si](CC)(CC)CC)[C@@H](C)/C=C/[C@@H]1OC(C)=O. The average molecular weight is 739 g/mol. The van der Waals surface area contributed by atoms with E-state index in [4.69, 9.17) is 28.1 Å². The minimum atomic E-state index is -1.75. The van der Waals surface area contributed by atoms with E-state index in [9.17, 15) is 19.8 Å². The monoisotopic (exact) mass is 738 g/mol. The van der Waals surface area contributed by atoms with Gasteiger partial charge in [0.2, 0.25) is 0 Å². The van der Waals surface area contributed by atoms with Gasteiger partial charge >= 0.3 is 11.9 Å². The molecule has 10 nitrogen and oxygen atoms in total. The number of allylic oxidation sites excluding steroid dienone is 2. The van der Waals surface area contributed by atoms with Crippen LogP contribution in [-0.4, -0.2) is 91.2 Å². The van der Waals surface area contributed by atoms with Crippen molar-refractivity contribution in [1.29, 1.82) is 0 Å². The second-order valence-electron chi connectivity index (χ2n) is 15.2. The highest BCUT2D eigenvalue weighted by Gasteiger charge is 2.49. The van der Waals surface area contributed by atoms with Crippen LogP contribution < -0.4 is 0 Å². The zero-order chi connectivity index (χ0) is 38.6. The quantitative estimate of drug-likeness (QED) is 0.0362. The van der Waals surface area contributed by atoms with E-state index < -0.39 is 56.1 Å². The lowest BCUT2D eigenvalue weighted by Gasteiger charge is -2.38. The van der Waals surface area contributed by atoms with Gasteiger partial charge in [0.1, 0.15) is 17.8 Å². The molecule has 0 amide bonds. The maximum absolute atomic E-state index is 13.0. The first-order chi connectivity index (χ1) is 23.9. The van der Waals surface area contributed by atoms with E-state index in [0.29, 0.717) is 19.4 Å². The molecule has 1 saturated heterocycles. The number of rotatable bonds is 18.